The molecule has 266 valence electrons. The van der Waals surface area contributed by atoms with Crippen LogP contribution in [0.25, 0.3) is 0 Å². The predicted molar refractivity (Wildman–Crippen MR) is 179 cm³/mol. The van der Waals surface area contributed by atoms with Gasteiger partial charge in [0.1, 0.15) is 18.2 Å². The number of hydroxylamine groups is 1. The summed E-state index contributed by atoms with van der Waals surface area (Å²) in [5, 5.41) is 5.46. The van der Waals surface area contributed by atoms with Crippen LogP contribution in [-0.2, 0) is 46.4 Å². The molecule has 0 fully saturated rings. The molecule has 4 amide bonds. The fourth-order valence-electron chi connectivity index (χ4n) is 4.51. The van der Waals surface area contributed by atoms with Crippen LogP contribution in [0.4, 0.5) is 9.59 Å². The summed E-state index contributed by atoms with van der Waals surface area (Å²) in [6.07, 6.45) is -0.136. The molecule has 13 nitrogen and oxygen atoms in total. The Bertz CT molecular complexity index is 1220. The third-order valence-electron chi connectivity index (χ3n) is 6.69. The van der Waals surface area contributed by atoms with Gasteiger partial charge >= 0.3 is 12.2 Å². The summed E-state index contributed by atoms with van der Waals surface area (Å²) >= 11 is 0. The van der Waals surface area contributed by atoms with Crippen molar-refractivity contribution in [3.8, 4) is 0 Å². The second kappa shape index (κ2) is 22.4. The van der Waals surface area contributed by atoms with Gasteiger partial charge in [-0.2, -0.15) is 5.48 Å². The van der Waals surface area contributed by atoms with E-state index >= 15 is 0 Å². The molecule has 48 heavy (non-hydrogen) atoms. The number of benzene rings is 2. The smallest absolute Gasteiger partial charge is 0.431 e. The lowest BCUT2D eigenvalue weighted by molar-refractivity contribution is -0.160. The van der Waals surface area contributed by atoms with E-state index in [1.54, 1.807) is 37.8 Å². The Morgan fingerprint density at radius 1 is 0.833 bits per heavy atom. The largest absolute Gasteiger partial charge is 0.444 e. The summed E-state index contributed by atoms with van der Waals surface area (Å²) in [7, 11) is 0. The van der Waals surface area contributed by atoms with E-state index in [1.807, 2.05) is 62.4 Å². The molecule has 0 aliphatic rings. The highest BCUT2D eigenvalue weighted by atomic mass is 16.7. The van der Waals surface area contributed by atoms with E-state index in [1.165, 1.54) is 0 Å². The first-order valence-electron chi connectivity index (χ1n) is 16.4. The normalized spacial score (nSPS) is 11.8. The van der Waals surface area contributed by atoms with Crippen molar-refractivity contribution in [3.05, 3.63) is 71.8 Å². The van der Waals surface area contributed by atoms with Crippen molar-refractivity contribution < 1.29 is 43.0 Å². The fourth-order valence-corrected chi connectivity index (χ4v) is 4.51. The first-order chi connectivity index (χ1) is 23.0. The average Bonchev–Trinajstić information content (AvgIpc) is 3.05. The van der Waals surface area contributed by atoms with Crippen molar-refractivity contribution >= 4 is 24.0 Å². The van der Waals surface area contributed by atoms with E-state index < -0.39 is 42.6 Å². The van der Waals surface area contributed by atoms with Crippen molar-refractivity contribution in [3.63, 3.8) is 0 Å². The predicted octanol–water partition coefficient (Wildman–Crippen LogP) is 4.49. The number of unbranched alkanes of at least 4 members (excludes halogenated alkanes) is 1. The van der Waals surface area contributed by atoms with Crippen molar-refractivity contribution in [1.29, 1.82) is 0 Å². The van der Waals surface area contributed by atoms with E-state index in [9.17, 15) is 19.2 Å². The molecule has 0 aliphatic carbocycles. The van der Waals surface area contributed by atoms with Crippen LogP contribution in [0.15, 0.2) is 60.7 Å². The maximum Gasteiger partial charge on any atom is 0.431 e. The molecular weight excluding hydrogens is 620 g/mol. The highest BCUT2D eigenvalue weighted by Crippen LogP contribution is 2.11. The maximum absolute atomic E-state index is 14.1. The van der Waals surface area contributed by atoms with E-state index in [-0.39, 0.29) is 25.5 Å². The van der Waals surface area contributed by atoms with Gasteiger partial charge in [-0.1, -0.05) is 60.7 Å². The summed E-state index contributed by atoms with van der Waals surface area (Å²) < 4.78 is 21.8. The van der Waals surface area contributed by atoms with Gasteiger partial charge in [-0.3, -0.25) is 14.4 Å². The molecule has 0 radical (unpaired) electrons. The van der Waals surface area contributed by atoms with Gasteiger partial charge < -0.3 is 34.5 Å². The molecule has 0 saturated heterocycles. The Kier molecular flexibility index (Phi) is 18.6. The molecule has 13 heteroatoms. The number of alkyl carbamates (subject to hydrolysis) is 1. The van der Waals surface area contributed by atoms with Crippen molar-refractivity contribution in [2.45, 2.75) is 84.8 Å². The molecule has 2 aromatic rings. The van der Waals surface area contributed by atoms with Gasteiger partial charge in [-0.15, -0.1) is 0 Å². The highest BCUT2D eigenvalue weighted by molar-refractivity contribution is 5.88. The molecule has 0 aromatic heterocycles. The second-order valence-electron chi connectivity index (χ2n) is 11.9. The lowest BCUT2D eigenvalue weighted by Crippen LogP contribution is -2.52. The van der Waals surface area contributed by atoms with Gasteiger partial charge in [0, 0.05) is 26.3 Å². The van der Waals surface area contributed by atoms with Crippen LogP contribution in [0.5, 0.6) is 0 Å². The minimum absolute atomic E-state index is 0.0326. The first-order valence-corrected chi connectivity index (χ1v) is 16.4. The zero-order valence-corrected chi connectivity index (χ0v) is 28.8. The standard InChI is InChI=1S/C35H52N4O9/c1-6-44-31(45-7-2)24-39(23-21-27-16-10-8-11-17-27)32(41)29(20-14-15-22-36-33(42)48-35(3,4)5)37-30(40)26-47-38-34(43)46-25-28-18-12-9-13-19-28/h8-13,16-19,29,31H,6-7,14-15,20-26H2,1-5H3,(H,36,42)(H,37,40)(H,38,43). The molecular formula is C35H52N4O9. The van der Waals surface area contributed by atoms with Crippen LogP contribution in [0.1, 0.15) is 65.0 Å². The summed E-state index contributed by atoms with van der Waals surface area (Å²) in [6, 6.07) is 17.9. The van der Waals surface area contributed by atoms with Crippen LogP contribution in [0.2, 0.25) is 0 Å². The van der Waals surface area contributed by atoms with Crippen molar-refractivity contribution in [2.24, 2.45) is 0 Å². The number of ether oxygens (including phenoxy) is 4. The molecule has 0 spiro atoms. The monoisotopic (exact) mass is 672 g/mol. The first kappa shape index (κ1) is 40.0. The van der Waals surface area contributed by atoms with Gasteiger partial charge in [-0.05, 0) is 71.4 Å². The Morgan fingerprint density at radius 3 is 2.06 bits per heavy atom. The zero-order valence-electron chi connectivity index (χ0n) is 28.8. The van der Waals surface area contributed by atoms with Crippen LogP contribution < -0.4 is 16.1 Å². The SMILES string of the molecule is CCOC(CN(CCc1ccccc1)C(=O)C(CCCCNC(=O)OC(C)(C)C)NC(=O)CONC(=O)OCc1ccccc1)OCC. The lowest BCUT2D eigenvalue weighted by Gasteiger charge is -2.31. The number of nitrogens with zero attached hydrogens (tertiary/aromatic N) is 1. The third-order valence-corrected chi connectivity index (χ3v) is 6.69. The molecule has 2 aromatic carbocycles. The topological polar surface area (TPSA) is 154 Å². The van der Waals surface area contributed by atoms with E-state index in [2.05, 4.69) is 16.1 Å². The Hall–Kier alpha value is -4.20. The molecule has 0 aliphatic heterocycles. The van der Waals surface area contributed by atoms with Crippen molar-refractivity contribution in [2.75, 3.05) is 39.5 Å². The quantitative estimate of drug-likeness (QED) is 0.0989. The fraction of sp³-hybridized carbons (Fsp3) is 0.543. The number of rotatable bonds is 21. The van der Waals surface area contributed by atoms with Crippen LogP contribution in [0, 0.1) is 0 Å². The Balaban J connectivity index is 2.06. The summed E-state index contributed by atoms with van der Waals surface area (Å²) in [4.78, 5) is 57.8. The summed E-state index contributed by atoms with van der Waals surface area (Å²) in [5.74, 6) is -0.934. The Labute approximate surface area is 283 Å². The van der Waals surface area contributed by atoms with Crippen LogP contribution in [0.3, 0.4) is 0 Å². The molecule has 0 bridgehead atoms. The van der Waals surface area contributed by atoms with E-state index in [0.29, 0.717) is 45.6 Å². The number of carbonyl (C=O) groups is 4. The molecule has 2 rings (SSSR count). The lowest BCUT2D eigenvalue weighted by atomic mass is 10.1. The minimum atomic E-state index is -0.924. The summed E-state index contributed by atoms with van der Waals surface area (Å²) in [5.41, 5.74) is 3.31. The number of nitrogens with one attached hydrogen (secondary N) is 3. The molecule has 1 atom stereocenters. The Morgan fingerprint density at radius 2 is 1.46 bits per heavy atom. The number of hydrogen-bond donors (Lipinski definition) is 3. The second-order valence-corrected chi connectivity index (χ2v) is 11.9. The van der Waals surface area contributed by atoms with E-state index in [0.717, 1.165) is 11.1 Å². The zero-order chi connectivity index (χ0) is 35.2. The molecule has 0 heterocycles. The average molecular weight is 673 g/mol. The number of amides is 4. The van der Waals surface area contributed by atoms with Crippen LogP contribution >= 0.6 is 0 Å². The van der Waals surface area contributed by atoms with Gasteiger partial charge in [0.05, 0.1) is 6.54 Å². The third kappa shape index (κ3) is 17.6. The van der Waals surface area contributed by atoms with E-state index in [4.69, 9.17) is 23.8 Å². The van der Waals surface area contributed by atoms with Crippen LogP contribution in [-0.4, -0.2) is 86.3 Å². The minimum Gasteiger partial charge on any atom is -0.444 e. The van der Waals surface area contributed by atoms with Gasteiger partial charge in [0.15, 0.2) is 12.9 Å². The molecule has 3 N–H and O–H groups in total. The van der Waals surface area contributed by atoms with Gasteiger partial charge in [-0.25, -0.2) is 9.59 Å². The van der Waals surface area contributed by atoms with Gasteiger partial charge in [0.25, 0.3) is 0 Å². The number of carbonyl (C=O) groups excluding carboxylic acids is 4. The maximum atomic E-state index is 14.1. The molecule has 1 unspecified atom stereocenters. The number of hydrogen-bond acceptors (Lipinski definition) is 9. The molecule has 0 saturated carbocycles. The summed E-state index contributed by atoms with van der Waals surface area (Å²) in [6.45, 7) is 10.2. The van der Waals surface area contributed by atoms with Crippen molar-refractivity contribution in [1.82, 2.24) is 21.0 Å². The highest BCUT2D eigenvalue weighted by Gasteiger charge is 2.28. The van der Waals surface area contributed by atoms with Gasteiger partial charge in [0.2, 0.25) is 11.8 Å².